The second-order valence-electron chi connectivity index (χ2n) is 3.85. The number of aromatic nitrogens is 2. The molecule has 1 aromatic carbocycles. The van der Waals surface area contributed by atoms with Crippen LogP contribution in [0, 0.1) is 6.92 Å². The fourth-order valence-corrected chi connectivity index (χ4v) is 1.62. The van der Waals surface area contributed by atoms with Crippen molar-refractivity contribution < 1.29 is 14.6 Å². The lowest BCUT2D eigenvalue weighted by molar-refractivity contribution is -0.137. The summed E-state index contributed by atoms with van der Waals surface area (Å²) in [5, 5.41) is 8.49. The number of benzene rings is 1. The number of ether oxygens (including phenoxy) is 1. The van der Waals surface area contributed by atoms with Crippen molar-refractivity contribution in [2.75, 3.05) is 6.61 Å². The fourth-order valence-electron chi connectivity index (χ4n) is 1.62. The molecule has 1 aromatic heterocycles. The maximum Gasteiger partial charge on any atom is 0.303 e. The number of nitrogens with zero attached hydrogens (tertiary/aromatic N) is 1. The van der Waals surface area contributed by atoms with Gasteiger partial charge in [-0.2, -0.15) is 0 Å². The van der Waals surface area contributed by atoms with Crippen molar-refractivity contribution in [3.63, 3.8) is 0 Å². The smallest absolute Gasteiger partial charge is 0.303 e. The van der Waals surface area contributed by atoms with Crippen molar-refractivity contribution in [1.29, 1.82) is 0 Å². The Bertz CT molecular complexity index is 534. The molecule has 0 spiro atoms. The number of fused-ring (bicyclic) bond motifs is 1. The van der Waals surface area contributed by atoms with E-state index in [0.717, 1.165) is 22.6 Å². The summed E-state index contributed by atoms with van der Waals surface area (Å²) in [5.41, 5.74) is 1.83. The lowest BCUT2D eigenvalue weighted by Gasteiger charge is -2.04. The number of carboxylic acids is 1. The Morgan fingerprint density at radius 3 is 3.12 bits per heavy atom. The normalized spacial score (nSPS) is 10.6. The molecule has 5 nitrogen and oxygen atoms in total. The minimum absolute atomic E-state index is 0.130. The first-order chi connectivity index (χ1) is 8.15. The summed E-state index contributed by atoms with van der Waals surface area (Å²) in [6, 6.07) is 5.59. The minimum atomic E-state index is -0.798. The van der Waals surface area contributed by atoms with Crippen LogP contribution in [0.15, 0.2) is 18.2 Å². The van der Waals surface area contributed by atoms with E-state index in [4.69, 9.17) is 9.84 Å². The molecule has 17 heavy (non-hydrogen) atoms. The molecule has 2 N–H and O–H groups in total. The average molecular weight is 234 g/mol. The average Bonchev–Trinajstić information content (AvgIpc) is 2.63. The molecule has 0 radical (unpaired) electrons. The van der Waals surface area contributed by atoms with Gasteiger partial charge in [0.2, 0.25) is 0 Å². The van der Waals surface area contributed by atoms with Crippen LogP contribution in [-0.4, -0.2) is 27.7 Å². The Morgan fingerprint density at radius 2 is 2.35 bits per heavy atom. The molecule has 90 valence electrons. The van der Waals surface area contributed by atoms with E-state index in [-0.39, 0.29) is 6.42 Å². The van der Waals surface area contributed by atoms with E-state index in [0.29, 0.717) is 13.0 Å². The molecule has 0 atom stereocenters. The molecule has 0 bridgehead atoms. The van der Waals surface area contributed by atoms with Crippen LogP contribution in [0.1, 0.15) is 18.7 Å². The molecule has 2 rings (SSSR count). The third-order valence-corrected chi connectivity index (χ3v) is 2.38. The highest BCUT2D eigenvalue weighted by Crippen LogP contribution is 2.19. The number of carbonyl (C=O) groups is 1. The van der Waals surface area contributed by atoms with Crippen molar-refractivity contribution in [2.45, 2.75) is 19.8 Å². The van der Waals surface area contributed by atoms with Crippen molar-refractivity contribution in [2.24, 2.45) is 0 Å². The molecular weight excluding hydrogens is 220 g/mol. The van der Waals surface area contributed by atoms with Crippen molar-refractivity contribution in [3.8, 4) is 5.75 Å². The van der Waals surface area contributed by atoms with Gasteiger partial charge in [-0.25, -0.2) is 4.98 Å². The molecule has 0 aliphatic carbocycles. The Labute approximate surface area is 98.4 Å². The summed E-state index contributed by atoms with van der Waals surface area (Å²) in [6.07, 6.45) is 0.640. The van der Waals surface area contributed by atoms with E-state index >= 15 is 0 Å². The minimum Gasteiger partial charge on any atom is -0.494 e. The van der Waals surface area contributed by atoms with Crippen LogP contribution in [0.3, 0.4) is 0 Å². The molecule has 0 aliphatic heterocycles. The molecule has 0 saturated carbocycles. The Kier molecular flexibility index (Phi) is 3.27. The molecule has 0 fully saturated rings. The van der Waals surface area contributed by atoms with Gasteiger partial charge in [0.1, 0.15) is 11.6 Å². The highest BCUT2D eigenvalue weighted by Gasteiger charge is 2.02. The summed E-state index contributed by atoms with van der Waals surface area (Å²) in [4.78, 5) is 17.7. The number of aliphatic carboxylic acids is 1. The number of nitrogens with one attached hydrogen (secondary N) is 1. The van der Waals surface area contributed by atoms with Gasteiger partial charge in [0, 0.05) is 12.5 Å². The van der Waals surface area contributed by atoms with Crippen molar-refractivity contribution in [1.82, 2.24) is 9.97 Å². The second kappa shape index (κ2) is 4.86. The van der Waals surface area contributed by atoms with Gasteiger partial charge in [-0.15, -0.1) is 0 Å². The lowest BCUT2D eigenvalue weighted by Crippen LogP contribution is -2.01. The van der Waals surface area contributed by atoms with Gasteiger partial charge >= 0.3 is 5.97 Å². The number of aryl methyl sites for hydroxylation is 1. The zero-order valence-electron chi connectivity index (χ0n) is 9.56. The summed E-state index contributed by atoms with van der Waals surface area (Å²) < 4.78 is 5.46. The molecule has 0 amide bonds. The van der Waals surface area contributed by atoms with Crippen LogP contribution < -0.4 is 4.74 Å². The summed E-state index contributed by atoms with van der Waals surface area (Å²) >= 11 is 0. The number of carboxylic acid groups (broad SMARTS) is 1. The van der Waals surface area contributed by atoms with E-state index in [2.05, 4.69) is 9.97 Å². The first-order valence-corrected chi connectivity index (χ1v) is 5.46. The number of hydrogen-bond donors (Lipinski definition) is 2. The van der Waals surface area contributed by atoms with Crippen LogP contribution in [-0.2, 0) is 4.79 Å². The zero-order valence-corrected chi connectivity index (χ0v) is 9.56. The molecule has 5 heteroatoms. The maximum absolute atomic E-state index is 10.3. The number of imidazole rings is 1. The van der Waals surface area contributed by atoms with E-state index in [1.54, 1.807) is 0 Å². The van der Waals surface area contributed by atoms with Gasteiger partial charge in [-0.3, -0.25) is 4.79 Å². The van der Waals surface area contributed by atoms with Gasteiger partial charge in [0.05, 0.1) is 17.6 Å². The standard InChI is InChI=1S/C12H14N2O3/c1-8-13-10-5-4-9(7-11(10)14-8)17-6-2-3-12(15)16/h4-5,7H,2-3,6H2,1H3,(H,13,14)(H,15,16). The van der Waals surface area contributed by atoms with Crippen molar-refractivity contribution in [3.05, 3.63) is 24.0 Å². The third kappa shape index (κ3) is 2.96. The monoisotopic (exact) mass is 234 g/mol. The Hall–Kier alpha value is -2.04. The first-order valence-electron chi connectivity index (χ1n) is 5.46. The predicted octanol–water partition coefficient (Wildman–Crippen LogP) is 2.11. The highest BCUT2D eigenvalue weighted by atomic mass is 16.5. The Balaban J connectivity index is 1.96. The highest BCUT2D eigenvalue weighted by molar-refractivity contribution is 5.76. The van der Waals surface area contributed by atoms with E-state index in [1.807, 2.05) is 25.1 Å². The largest absolute Gasteiger partial charge is 0.494 e. The number of H-pyrrole nitrogens is 1. The van der Waals surface area contributed by atoms with E-state index in [1.165, 1.54) is 0 Å². The second-order valence-corrected chi connectivity index (χ2v) is 3.85. The van der Waals surface area contributed by atoms with Crippen molar-refractivity contribution >= 4 is 17.0 Å². The Morgan fingerprint density at radius 1 is 1.53 bits per heavy atom. The van der Waals surface area contributed by atoms with Crippen LogP contribution in [0.5, 0.6) is 5.75 Å². The molecule has 1 heterocycles. The molecule has 2 aromatic rings. The van der Waals surface area contributed by atoms with Gasteiger partial charge in [0.15, 0.2) is 0 Å². The van der Waals surface area contributed by atoms with Gasteiger partial charge < -0.3 is 14.8 Å². The lowest BCUT2D eigenvalue weighted by atomic mass is 10.3. The molecule has 0 saturated heterocycles. The summed E-state index contributed by atoms with van der Waals surface area (Å²) in [6.45, 7) is 2.30. The molecule has 0 unspecified atom stereocenters. The summed E-state index contributed by atoms with van der Waals surface area (Å²) in [5.74, 6) is 0.794. The van der Waals surface area contributed by atoms with Crippen LogP contribution in [0.4, 0.5) is 0 Å². The molecule has 0 aliphatic rings. The molecular formula is C12H14N2O3. The van der Waals surface area contributed by atoms with Crippen LogP contribution in [0.2, 0.25) is 0 Å². The number of rotatable bonds is 5. The quantitative estimate of drug-likeness (QED) is 0.777. The van der Waals surface area contributed by atoms with Crippen LogP contribution >= 0.6 is 0 Å². The number of hydrogen-bond acceptors (Lipinski definition) is 3. The van der Waals surface area contributed by atoms with Gasteiger partial charge in [0.25, 0.3) is 0 Å². The maximum atomic E-state index is 10.3. The fraction of sp³-hybridized carbons (Fsp3) is 0.333. The third-order valence-electron chi connectivity index (χ3n) is 2.38. The first kappa shape index (κ1) is 11.4. The SMILES string of the molecule is Cc1nc2ccc(OCCCC(=O)O)cc2[nH]1. The van der Waals surface area contributed by atoms with Gasteiger partial charge in [-0.1, -0.05) is 0 Å². The zero-order chi connectivity index (χ0) is 12.3. The summed E-state index contributed by atoms with van der Waals surface area (Å²) in [7, 11) is 0. The van der Waals surface area contributed by atoms with E-state index in [9.17, 15) is 4.79 Å². The van der Waals surface area contributed by atoms with E-state index < -0.39 is 5.97 Å². The van der Waals surface area contributed by atoms with Gasteiger partial charge in [-0.05, 0) is 25.5 Å². The number of aromatic amines is 1. The van der Waals surface area contributed by atoms with Crippen LogP contribution in [0.25, 0.3) is 11.0 Å². The topological polar surface area (TPSA) is 75.2 Å². The predicted molar refractivity (Wildman–Crippen MR) is 63.2 cm³/mol.